The molecule has 0 fully saturated rings. The molecule has 0 atom stereocenters. The molecule has 128 valence electrons. The van der Waals surface area contributed by atoms with E-state index < -0.39 is 0 Å². The van der Waals surface area contributed by atoms with Crippen LogP contribution in [-0.4, -0.2) is 23.3 Å². The molecule has 2 N–H and O–H groups in total. The number of para-hydroxylation sites is 2. The highest BCUT2D eigenvalue weighted by Crippen LogP contribution is 2.28. The summed E-state index contributed by atoms with van der Waals surface area (Å²) in [7, 11) is 1.55. The molecule has 8 heteroatoms. The number of anilines is 2. The fourth-order valence-electron chi connectivity index (χ4n) is 2.04. The highest BCUT2D eigenvalue weighted by atomic mass is 32.2. The Kier molecular flexibility index (Phi) is 5.86. The number of hydrogen-bond acceptors (Lipinski definition) is 6. The normalized spacial score (nSPS) is 10.3. The number of methoxy groups -OCH3 is 1. The van der Waals surface area contributed by atoms with Gasteiger partial charge < -0.3 is 10.1 Å². The van der Waals surface area contributed by atoms with Crippen LogP contribution in [0.15, 0.2) is 58.9 Å². The van der Waals surface area contributed by atoms with Gasteiger partial charge >= 0.3 is 6.03 Å². The molecule has 6 nitrogen and oxygen atoms in total. The third kappa shape index (κ3) is 4.94. The van der Waals surface area contributed by atoms with E-state index in [2.05, 4.69) is 33.0 Å². The van der Waals surface area contributed by atoms with Gasteiger partial charge in [0, 0.05) is 5.75 Å². The number of amides is 2. The van der Waals surface area contributed by atoms with Crippen LogP contribution in [0.25, 0.3) is 0 Å². The smallest absolute Gasteiger partial charge is 0.325 e. The molecule has 0 bridgehead atoms. The molecule has 1 heterocycles. The Morgan fingerprint density at radius 1 is 1.08 bits per heavy atom. The van der Waals surface area contributed by atoms with Crippen LogP contribution in [0.3, 0.4) is 0 Å². The van der Waals surface area contributed by atoms with Crippen molar-refractivity contribution in [1.82, 2.24) is 10.2 Å². The minimum absolute atomic E-state index is 0.389. The van der Waals surface area contributed by atoms with Gasteiger partial charge in [-0.2, -0.15) is 0 Å². The van der Waals surface area contributed by atoms with Crippen molar-refractivity contribution in [2.75, 3.05) is 17.7 Å². The molecule has 25 heavy (non-hydrogen) atoms. The quantitative estimate of drug-likeness (QED) is 0.493. The average molecular weight is 372 g/mol. The fourth-order valence-corrected chi connectivity index (χ4v) is 3.74. The number of carbonyl (C=O) groups excluding carboxylic acids is 1. The maximum absolute atomic E-state index is 12.1. The number of rotatable bonds is 6. The van der Waals surface area contributed by atoms with Crippen LogP contribution in [0.2, 0.25) is 0 Å². The molecule has 0 aliphatic heterocycles. The van der Waals surface area contributed by atoms with Crippen LogP contribution < -0.4 is 15.4 Å². The first-order valence-corrected chi connectivity index (χ1v) is 9.26. The van der Waals surface area contributed by atoms with Crippen LogP contribution >= 0.6 is 23.1 Å². The van der Waals surface area contributed by atoms with Gasteiger partial charge in [-0.25, -0.2) is 4.79 Å². The predicted octanol–water partition coefficient (Wildman–Crippen LogP) is 4.48. The Morgan fingerprint density at radius 3 is 2.64 bits per heavy atom. The van der Waals surface area contributed by atoms with E-state index in [0.29, 0.717) is 16.6 Å². The van der Waals surface area contributed by atoms with Crippen molar-refractivity contribution in [3.63, 3.8) is 0 Å². The summed E-state index contributed by atoms with van der Waals surface area (Å²) in [5.74, 6) is 1.40. The molecule has 0 aliphatic carbocycles. The van der Waals surface area contributed by atoms with E-state index in [-0.39, 0.29) is 6.03 Å². The number of carbonyl (C=O) groups is 1. The Balaban J connectivity index is 1.55. The SMILES string of the molecule is COc1ccccc1NC(=O)Nc1nnc(SCc2ccccc2)s1. The van der Waals surface area contributed by atoms with Gasteiger partial charge in [0.1, 0.15) is 5.75 Å². The molecule has 2 aromatic carbocycles. The molecule has 0 aliphatic rings. The molecule has 0 spiro atoms. The Labute approximate surface area is 153 Å². The molecule has 0 saturated heterocycles. The van der Waals surface area contributed by atoms with E-state index >= 15 is 0 Å². The van der Waals surface area contributed by atoms with Crippen molar-refractivity contribution in [1.29, 1.82) is 0 Å². The van der Waals surface area contributed by atoms with Gasteiger partial charge in [-0.05, 0) is 17.7 Å². The van der Waals surface area contributed by atoms with E-state index in [9.17, 15) is 4.79 Å². The zero-order valence-electron chi connectivity index (χ0n) is 13.4. The highest BCUT2D eigenvalue weighted by Gasteiger charge is 2.10. The lowest BCUT2D eigenvalue weighted by Crippen LogP contribution is -2.19. The van der Waals surface area contributed by atoms with Gasteiger partial charge in [-0.1, -0.05) is 65.6 Å². The third-order valence-electron chi connectivity index (χ3n) is 3.19. The first-order valence-electron chi connectivity index (χ1n) is 7.46. The second kappa shape index (κ2) is 8.50. The monoisotopic (exact) mass is 372 g/mol. The summed E-state index contributed by atoms with van der Waals surface area (Å²) in [5.41, 5.74) is 1.80. The third-order valence-corrected chi connectivity index (χ3v) is 5.23. The van der Waals surface area contributed by atoms with Crippen LogP contribution in [0.4, 0.5) is 15.6 Å². The van der Waals surface area contributed by atoms with Crippen molar-refractivity contribution >= 4 is 39.9 Å². The number of urea groups is 1. The molecule has 1 aromatic heterocycles. The summed E-state index contributed by atoms with van der Waals surface area (Å²) in [6.45, 7) is 0. The first-order chi connectivity index (χ1) is 12.2. The summed E-state index contributed by atoms with van der Waals surface area (Å²) in [6.07, 6.45) is 0. The standard InChI is InChI=1S/C17H16N4O2S2/c1-23-14-10-6-5-9-13(14)18-15(22)19-16-20-21-17(25-16)24-11-12-7-3-2-4-8-12/h2-10H,11H2,1H3,(H2,18,19,20,22). The van der Waals surface area contributed by atoms with E-state index in [4.69, 9.17) is 4.74 Å². The summed E-state index contributed by atoms with van der Waals surface area (Å²) in [4.78, 5) is 12.1. The molecular formula is C17H16N4O2S2. The van der Waals surface area contributed by atoms with Gasteiger partial charge in [-0.3, -0.25) is 5.32 Å². The number of aromatic nitrogens is 2. The van der Waals surface area contributed by atoms with Crippen LogP contribution in [0.5, 0.6) is 5.75 Å². The number of nitrogens with zero attached hydrogens (tertiary/aromatic N) is 2. The zero-order valence-corrected chi connectivity index (χ0v) is 15.1. The minimum Gasteiger partial charge on any atom is -0.495 e. The number of benzene rings is 2. The molecule has 3 aromatic rings. The van der Waals surface area contributed by atoms with Gasteiger partial charge in [0.2, 0.25) is 5.13 Å². The van der Waals surface area contributed by atoms with Crippen molar-refractivity contribution in [3.8, 4) is 5.75 Å². The molecule has 2 amide bonds. The Hall–Kier alpha value is -2.58. The summed E-state index contributed by atoms with van der Waals surface area (Å²) >= 11 is 2.92. The number of nitrogens with one attached hydrogen (secondary N) is 2. The number of ether oxygens (including phenoxy) is 1. The summed E-state index contributed by atoms with van der Waals surface area (Å²) < 4.78 is 6.01. The van der Waals surface area contributed by atoms with Gasteiger partial charge in [0.15, 0.2) is 4.34 Å². The van der Waals surface area contributed by atoms with E-state index in [1.54, 1.807) is 31.0 Å². The summed E-state index contributed by atoms with van der Waals surface area (Å²) in [5, 5.41) is 14.0. The second-order valence-corrected chi connectivity index (χ2v) is 7.13. The van der Waals surface area contributed by atoms with Gasteiger partial charge in [0.25, 0.3) is 0 Å². The largest absolute Gasteiger partial charge is 0.495 e. The maximum Gasteiger partial charge on any atom is 0.325 e. The number of thioether (sulfide) groups is 1. The lowest BCUT2D eigenvalue weighted by atomic mass is 10.2. The van der Waals surface area contributed by atoms with Crippen molar-refractivity contribution in [2.24, 2.45) is 0 Å². The molecule has 0 unspecified atom stereocenters. The Bertz CT molecular complexity index is 839. The van der Waals surface area contributed by atoms with Gasteiger partial charge in [0.05, 0.1) is 12.8 Å². The average Bonchev–Trinajstić information content (AvgIpc) is 3.08. The highest BCUT2D eigenvalue weighted by molar-refractivity contribution is 8.00. The van der Waals surface area contributed by atoms with Crippen LogP contribution in [0, 0.1) is 0 Å². The Morgan fingerprint density at radius 2 is 1.84 bits per heavy atom. The lowest BCUT2D eigenvalue weighted by Gasteiger charge is -2.09. The maximum atomic E-state index is 12.1. The summed E-state index contributed by atoms with van der Waals surface area (Å²) in [6, 6.07) is 16.9. The minimum atomic E-state index is -0.389. The van der Waals surface area contributed by atoms with E-state index in [1.807, 2.05) is 30.3 Å². The van der Waals surface area contributed by atoms with Crippen molar-refractivity contribution in [2.45, 2.75) is 10.1 Å². The topological polar surface area (TPSA) is 76.1 Å². The molecule has 0 radical (unpaired) electrons. The van der Waals surface area contributed by atoms with Crippen molar-refractivity contribution < 1.29 is 9.53 Å². The number of hydrogen-bond donors (Lipinski definition) is 2. The molecule has 3 rings (SSSR count). The zero-order chi connectivity index (χ0) is 17.5. The predicted molar refractivity (Wildman–Crippen MR) is 102 cm³/mol. The van der Waals surface area contributed by atoms with Crippen LogP contribution in [-0.2, 0) is 5.75 Å². The second-order valence-electron chi connectivity index (χ2n) is 4.93. The lowest BCUT2D eigenvalue weighted by molar-refractivity contribution is 0.262. The molecular weight excluding hydrogens is 356 g/mol. The van der Waals surface area contributed by atoms with Crippen LogP contribution in [0.1, 0.15) is 5.56 Å². The van der Waals surface area contributed by atoms with Gasteiger partial charge in [-0.15, -0.1) is 10.2 Å². The van der Waals surface area contributed by atoms with E-state index in [0.717, 1.165) is 10.1 Å². The fraction of sp³-hybridized carbons (Fsp3) is 0.118. The molecule has 0 saturated carbocycles. The first kappa shape index (κ1) is 17.2. The van der Waals surface area contributed by atoms with E-state index in [1.165, 1.54) is 16.9 Å². The van der Waals surface area contributed by atoms with Crippen molar-refractivity contribution in [3.05, 3.63) is 60.2 Å².